The molecule has 5 heteroatoms. The van der Waals surface area contributed by atoms with Crippen LogP contribution in [0.5, 0.6) is 5.75 Å². The summed E-state index contributed by atoms with van der Waals surface area (Å²) in [6.45, 7) is 4.96. The molecular weight excluding hydrogens is 350 g/mol. The van der Waals surface area contributed by atoms with Gasteiger partial charge in [0.05, 0.1) is 7.11 Å². The lowest BCUT2D eigenvalue weighted by atomic mass is 9.75. The number of anilines is 1. The van der Waals surface area contributed by atoms with Gasteiger partial charge in [-0.2, -0.15) is 0 Å². The first-order chi connectivity index (χ1) is 13.7. The molecule has 2 aromatic rings. The number of benzene rings is 1. The van der Waals surface area contributed by atoms with Crippen molar-refractivity contribution in [1.82, 2.24) is 9.88 Å². The Morgan fingerprint density at radius 1 is 1.14 bits per heavy atom. The summed E-state index contributed by atoms with van der Waals surface area (Å²) in [5.41, 5.74) is 2.03. The molecule has 5 heterocycles. The van der Waals surface area contributed by atoms with E-state index in [1.165, 1.54) is 31.5 Å². The Hall–Kier alpha value is -2.40. The molecule has 0 N–H and O–H groups in total. The van der Waals surface area contributed by atoms with Crippen molar-refractivity contribution in [2.45, 2.75) is 37.8 Å². The smallest absolute Gasteiger partial charge is 0.161 e. The normalized spacial score (nSPS) is 30.9. The molecule has 4 aliphatic rings. The number of hydrogen-bond acceptors (Lipinski definition) is 5. The summed E-state index contributed by atoms with van der Waals surface area (Å²) in [4.78, 5) is 21.5. The molecule has 2 bridgehead atoms. The van der Waals surface area contributed by atoms with Crippen LogP contribution in [-0.2, 0) is 0 Å². The Labute approximate surface area is 166 Å². The fourth-order valence-electron chi connectivity index (χ4n) is 5.61. The van der Waals surface area contributed by atoms with Crippen molar-refractivity contribution in [3.05, 3.63) is 53.7 Å². The molecule has 1 aromatic heterocycles. The molecule has 28 heavy (non-hydrogen) atoms. The fourth-order valence-corrected chi connectivity index (χ4v) is 5.61. The summed E-state index contributed by atoms with van der Waals surface area (Å²) in [6.07, 6.45) is 4.27. The van der Waals surface area contributed by atoms with Crippen LogP contribution in [0.25, 0.3) is 0 Å². The summed E-state index contributed by atoms with van der Waals surface area (Å²) in [6, 6.07) is 13.5. The van der Waals surface area contributed by atoms with Gasteiger partial charge in [-0.05, 0) is 68.6 Å². The zero-order chi connectivity index (χ0) is 19.3. The average Bonchev–Trinajstić information content (AvgIpc) is 3.18. The first-order valence-corrected chi connectivity index (χ1v) is 10.3. The molecule has 5 nitrogen and oxygen atoms in total. The maximum absolute atomic E-state index is 11.6. The van der Waals surface area contributed by atoms with Gasteiger partial charge < -0.3 is 9.64 Å². The molecule has 0 spiro atoms. The van der Waals surface area contributed by atoms with Crippen LogP contribution in [0.2, 0.25) is 0 Å². The molecule has 1 aromatic carbocycles. The number of carbonyl (C=O) groups excluding carboxylic acids is 1. The van der Waals surface area contributed by atoms with Gasteiger partial charge in [0.25, 0.3) is 0 Å². The number of fused-ring (bicyclic) bond motifs is 2. The number of carbonyl (C=O) groups is 1. The van der Waals surface area contributed by atoms with Crippen LogP contribution in [0, 0.1) is 5.92 Å². The molecular formula is C23H27N3O2. The molecule has 6 rings (SSSR count). The first-order valence-electron chi connectivity index (χ1n) is 10.3. The fraction of sp³-hybridized carbons (Fsp3) is 0.478. The van der Waals surface area contributed by atoms with Crippen molar-refractivity contribution in [2.75, 3.05) is 31.6 Å². The minimum absolute atomic E-state index is 0.0652. The van der Waals surface area contributed by atoms with Crippen LogP contribution < -0.4 is 9.64 Å². The molecule has 0 unspecified atom stereocenters. The van der Waals surface area contributed by atoms with Crippen molar-refractivity contribution >= 4 is 11.6 Å². The number of aromatic nitrogens is 1. The van der Waals surface area contributed by atoms with Crippen molar-refractivity contribution in [3.63, 3.8) is 0 Å². The molecule has 0 amide bonds. The van der Waals surface area contributed by atoms with Gasteiger partial charge in [0, 0.05) is 36.3 Å². The summed E-state index contributed by atoms with van der Waals surface area (Å²) in [7, 11) is 1.73. The van der Waals surface area contributed by atoms with Crippen LogP contribution in [0.3, 0.4) is 0 Å². The Morgan fingerprint density at radius 3 is 2.64 bits per heavy atom. The van der Waals surface area contributed by atoms with Crippen molar-refractivity contribution < 1.29 is 9.53 Å². The van der Waals surface area contributed by atoms with E-state index >= 15 is 0 Å². The van der Waals surface area contributed by atoms with Gasteiger partial charge >= 0.3 is 0 Å². The second-order valence-corrected chi connectivity index (χ2v) is 8.35. The summed E-state index contributed by atoms with van der Waals surface area (Å²) >= 11 is 0. The zero-order valence-electron chi connectivity index (χ0n) is 16.5. The predicted octanol–water partition coefficient (Wildman–Crippen LogP) is 3.36. The van der Waals surface area contributed by atoms with Crippen LogP contribution in [-0.4, -0.2) is 54.5 Å². The molecule has 0 radical (unpaired) electrons. The van der Waals surface area contributed by atoms with Gasteiger partial charge in [-0.3, -0.25) is 9.69 Å². The van der Waals surface area contributed by atoms with Crippen LogP contribution in [0.4, 0.5) is 5.82 Å². The number of pyridine rings is 1. The molecule has 4 fully saturated rings. The molecule has 0 saturated carbocycles. The predicted molar refractivity (Wildman–Crippen MR) is 109 cm³/mol. The highest BCUT2D eigenvalue weighted by molar-refractivity contribution is 5.93. The van der Waals surface area contributed by atoms with E-state index in [2.05, 4.69) is 33.0 Å². The van der Waals surface area contributed by atoms with Gasteiger partial charge in [-0.25, -0.2) is 4.98 Å². The molecule has 4 aliphatic heterocycles. The lowest BCUT2D eigenvalue weighted by Crippen LogP contribution is -2.60. The average molecular weight is 377 g/mol. The van der Waals surface area contributed by atoms with Crippen LogP contribution in [0.1, 0.15) is 41.6 Å². The quantitative estimate of drug-likeness (QED) is 0.765. The maximum atomic E-state index is 11.6. The Morgan fingerprint density at radius 2 is 1.96 bits per heavy atom. The molecule has 3 atom stereocenters. The van der Waals surface area contributed by atoms with E-state index in [0.717, 1.165) is 24.0 Å². The van der Waals surface area contributed by atoms with Crippen LogP contribution in [0.15, 0.2) is 42.6 Å². The summed E-state index contributed by atoms with van der Waals surface area (Å²) in [5.74, 6) is 3.15. The second kappa shape index (κ2) is 6.89. The topological polar surface area (TPSA) is 45.7 Å². The minimum atomic E-state index is 0.0652. The standard InChI is InChI=1S/C23H27N3O2/c1-15(27)18-6-7-21(24-13-18)26-14-20(17-4-3-5-19(12-17)28-2)23-22(26)16-8-10-25(23)11-9-16/h3-7,12-13,16,20,22-23H,8-11,14H2,1-2H3/t20-,22+,23+/m0/s1. The van der Waals surface area contributed by atoms with Crippen molar-refractivity contribution in [1.29, 1.82) is 0 Å². The number of nitrogens with zero attached hydrogens (tertiary/aromatic N) is 3. The van der Waals surface area contributed by atoms with E-state index in [9.17, 15) is 4.79 Å². The Kier molecular flexibility index (Phi) is 4.35. The van der Waals surface area contributed by atoms with Crippen molar-refractivity contribution in [3.8, 4) is 5.75 Å². The Bertz CT molecular complexity index is 874. The number of rotatable bonds is 4. The maximum Gasteiger partial charge on any atom is 0.161 e. The number of methoxy groups -OCH3 is 1. The van der Waals surface area contributed by atoms with Gasteiger partial charge in [-0.15, -0.1) is 0 Å². The van der Waals surface area contributed by atoms with E-state index in [0.29, 0.717) is 23.6 Å². The minimum Gasteiger partial charge on any atom is -0.497 e. The van der Waals surface area contributed by atoms with E-state index in [1.54, 1.807) is 20.2 Å². The highest BCUT2D eigenvalue weighted by atomic mass is 16.5. The van der Waals surface area contributed by atoms with E-state index < -0.39 is 0 Å². The number of hydrogen-bond donors (Lipinski definition) is 0. The monoisotopic (exact) mass is 377 g/mol. The molecule has 0 aliphatic carbocycles. The highest BCUT2D eigenvalue weighted by Gasteiger charge is 2.53. The SMILES string of the molecule is COc1cccc([C@@H]2CN(c3ccc(C(C)=O)cn3)[C@@H]3C4CCN(CC4)[C@@H]32)c1. The van der Waals surface area contributed by atoms with E-state index in [4.69, 9.17) is 4.74 Å². The van der Waals surface area contributed by atoms with Gasteiger partial charge in [0.15, 0.2) is 5.78 Å². The van der Waals surface area contributed by atoms with Gasteiger partial charge in [-0.1, -0.05) is 12.1 Å². The first kappa shape index (κ1) is 17.7. The van der Waals surface area contributed by atoms with E-state index in [1.807, 2.05) is 18.2 Å². The third-order valence-corrected chi connectivity index (χ3v) is 6.96. The summed E-state index contributed by atoms with van der Waals surface area (Å²) < 4.78 is 5.49. The number of ketones is 1. The van der Waals surface area contributed by atoms with Crippen LogP contribution >= 0.6 is 0 Å². The third-order valence-electron chi connectivity index (χ3n) is 6.96. The van der Waals surface area contributed by atoms with E-state index in [-0.39, 0.29) is 5.78 Å². The second-order valence-electron chi connectivity index (χ2n) is 8.35. The number of piperidine rings is 3. The lowest BCUT2D eigenvalue weighted by molar-refractivity contribution is 0.0354. The Balaban J connectivity index is 1.52. The third kappa shape index (κ3) is 2.80. The molecule has 146 valence electrons. The number of ether oxygens (including phenoxy) is 1. The lowest BCUT2D eigenvalue weighted by Gasteiger charge is -2.51. The zero-order valence-corrected chi connectivity index (χ0v) is 16.5. The largest absolute Gasteiger partial charge is 0.497 e. The van der Waals surface area contributed by atoms with Gasteiger partial charge in [0.2, 0.25) is 0 Å². The van der Waals surface area contributed by atoms with Gasteiger partial charge in [0.1, 0.15) is 11.6 Å². The summed E-state index contributed by atoms with van der Waals surface area (Å²) in [5, 5.41) is 0. The molecule has 4 saturated heterocycles. The number of Topliss-reactive ketones (excluding diaryl/α,β-unsaturated/α-hetero) is 1. The van der Waals surface area contributed by atoms with Crippen molar-refractivity contribution in [2.24, 2.45) is 5.92 Å². The highest BCUT2D eigenvalue weighted by Crippen LogP contribution is 2.47.